The number of anilines is 1. The lowest BCUT2D eigenvalue weighted by Gasteiger charge is -2.31. The smallest absolute Gasteiger partial charge is 0.144 e. The van der Waals surface area contributed by atoms with Crippen molar-refractivity contribution in [1.82, 2.24) is 24.4 Å². The minimum absolute atomic E-state index is 0.517. The van der Waals surface area contributed by atoms with E-state index in [1.165, 1.54) is 0 Å². The molecule has 0 aromatic carbocycles. The second-order valence-electron chi connectivity index (χ2n) is 5.58. The summed E-state index contributed by atoms with van der Waals surface area (Å²) < 4.78 is 2.09. The fraction of sp³-hybridized carbons (Fsp3) is 0.533. The number of nitrogens with one attached hydrogen (secondary N) is 1. The van der Waals surface area contributed by atoms with E-state index in [9.17, 15) is 0 Å². The van der Waals surface area contributed by atoms with Crippen LogP contribution in [0.5, 0.6) is 0 Å². The molecule has 0 saturated carbocycles. The molecule has 0 spiro atoms. The topological polar surface area (TPSA) is 58.9 Å². The van der Waals surface area contributed by atoms with Crippen LogP contribution in [-0.4, -0.2) is 44.6 Å². The van der Waals surface area contributed by atoms with Gasteiger partial charge in [-0.3, -0.25) is 9.88 Å². The maximum atomic E-state index is 4.62. The highest BCUT2D eigenvalue weighted by Crippen LogP contribution is 2.27. The van der Waals surface area contributed by atoms with Crippen molar-refractivity contribution in [2.24, 2.45) is 7.05 Å². The van der Waals surface area contributed by atoms with Crippen molar-refractivity contribution in [2.45, 2.75) is 25.3 Å². The summed E-state index contributed by atoms with van der Waals surface area (Å²) in [5.41, 5.74) is 1.11. The maximum absolute atomic E-state index is 4.62. The summed E-state index contributed by atoms with van der Waals surface area (Å²) in [6.07, 6.45) is 9.79. The molecule has 1 fully saturated rings. The second-order valence-corrected chi connectivity index (χ2v) is 5.58. The summed E-state index contributed by atoms with van der Waals surface area (Å²) in [6.45, 7) is 3.10. The molecule has 1 aliphatic rings. The monoisotopic (exact) mass is 286 g/mol. The molecule has 6 nitrogen and oxygen atoms in total. The van der Waals surface area contributed by atoms with Gasteiger partial charge in [-0.1, -0.05) is 0 Å². The first-order valence-corrected chi connectivity index (χ1v) is 7.44. The lowest BCUT2D eigenvalue weighted by molar-refractivity contribution is 0.197. The van der Waals surface area contributed by atoms with E-state index in [1.54, 1.807) is 6.20 Å². The van der Waals surface area contributed by atoms with Gasteiger partial charge in [0.05, 0.1) is 18.4 Å². The van der Waals surface area contributed by atoms with Crippen LogP contribution in [0, 0.1) is 0 Å². The zero-order valence-electron chi connectivity index (χ0n) is 12.7. The molecular weight excluding hydrogens is 264 g/mol. The predicted octanol–water partition coefficient (Wildman–Crippen LogP) is 1.63. The summed E-state index contributed by atoms with van der Waals surface area (Å²) in [4.78, 5) is 15.8. The Bertz CT molecular complexity index is 585. The lowest BCUT2D eigenvalue weighted by Crippen LogP contribution is -2.33. The van der Waals surface area contributed by atoms with Gasteiger partial charge in [-0.05, 0) is 25.9 Å². The first-order valence-electron chi connectivity index (χ1n) is 7.44. The molecule has 2 aromatic rings. The van der Waals surface area contributed by atoms with Gasteiger partial charge in [-0.2, -0.15) is 0 Å². The largest absolute Gasteiger partial charge is 0.372 e. The van der Waals surface area contributed by atoms with Crippen LogP contribution in [0.3, 0.4) is 0 Å². The molecule has 21 heavy (non-hydrogen) atoms. The van der Waals surface area contributed by atoms with Crippen LogP contribution >= 0.6 is 0 Å². The molecule has 2 aromatic heterocycles. The van der Waals surface area contributed by atoms with Crippen LogP contribution < -0.4 is 5.32 Å². The standard InChI is InChI=1S/C15H22N6/c1-16-14-10-17-9-13(19-14)12-3-6-21(7-4-12)11-15-18-5-8-20(15)2/h5,8-10,12H,3-4,6-7,11H2,1-2H3,(H,16,19). The van der Waals surface area contributed by atoms with E-state index in [0.29, 0.717) is 5.92 Å². The summed E-state index contributed by atoms with van der Waals surface area (Å²) >= 11 is 0. The van der Waals surface area contributed by atoms with Gasteiger partial charge in [-0.25, -0.2) is 9.97 Å². The van der Waals surface area contributed by atoms with Gasteiger partial charge in [0, 0.05) is 38.6 Å². The van der Waals surface area contributed by atoms with Crippen LogP contribution in [-0.2, 0) is 13.6 Å². The van der Waals surface area contributed by atoms with E-state index < -0.39 is 0 Å². The number of piperidine rings is 1. The summed E-state index contributed by atoms with van der Waals surface area (Å²) in [5, 5.41) is 3.06. The Balaban J connectivity index is 1.58. The molecule has 0 bridgehead atoms. The number of hydrogen-bond donors (Lipinski definition) is 1. The Hall–Kier alpha value is -1.95. The number of nitrogens with zero attached hydrogens (tertiary/aromatic N) is 5. The van der Waals surface area contributed by atoms with Crippen LogP contribution in [0.1, 0.15) is 30.3 Å². The van der Waals surface area contributed by atoms with E-state index in [2.05, 4.69) is 29.7 Å². The van der Waals surface area contributed by atoms with Crippen molar-refractivity contribution in [1.29, 1.82) is 0 Å². The molecule has 0 unspecified atom stereocenters. The molecule has 3 rings (SSSR count). The Morgan fingerprint density at radius 1 is 1.29 bits per heavy atom. The SMILES string of the molecule is CNc1cncc(C2CCN(Cc3nccn3C)CC2)n1. The summed E-state index contributed by atoms with van der Waals surface area (Å²) in [6, 6.07) is 0. The zero-order chi connectivity index (χ0) is 14.7. The lowest BCUT2D eigenvalue weighted by atomic mass is 9.94. The Labute approximate surface area is 125 Å². The molecule has 0 radical (unpaired) electrons. The normalized spacial score (nSPS) is 17.0. The van der Waals surface area contributed by atoms with Crippen molar-refractivity contribution >= 4 is 5.82 Å². The highest BCUT2D eigenvalue weighted by atomic mass is 15.2. The maximum Gasteiger partial charge on any atom is 0.144 e. The molecule has 0 atom stereocenters. The van der Waals surface area contributed by atoms with E-state index in [-0.39, 0.29) is 0 Å². The van der Waals surface area contributed by atoms with Gasteiger partial charge in [0.25, 0.3) is 0 Å². The van der Waals surface area contributed by atoms with Crippen molar-refractivity contribution in [3.05, 3.63) is 36.3 Å². The number of hydrogen-bond acceptors (Lipinski definition) is 5. The number of rotatable bonds is 4. The molecule has 1 aliphatic heterocycles. The number of imidazole rings is 1. The quantitative estimate of drug-likeness (QED) is 0.926. The van der Waals surface area contributed by atoms with Gasteiger partial charge in [-0.15, -0.1) is 0 Å². The number of likely N-dealkylation sites (tertiary alicyclic amines) is 1. The first-order chi connectivity index (χ1) is 10.3. The van der Waals surface area contributed by atoms with Gasteiger partial charge in [0.2, 0.25) is 0 Å². The fourth-order valence-electron chi connectivity index (χ4n) is 2.83. The summed E-state index contributed by atoms with van der Waals surface area (Å²) in [5.74, 6) is 2.50. The van der Waals surface area contributed by atoms with Crippen LogP contribution in [0.25, 0.3) is 0 Å². The molecular formula is C15H22N6. The zero-order valence-corrected chi connectivity index (χ0v) is 12.7. The molecule has 1 saturated heterocycles. The highest BCUT2D eigenvalue weighted by molar-refractivity contribution is 5.31. The Morgan fingerprint density at radius 3 is 2.76 bits per heavy atom. The van der Waals surface area contributed by atoms with Gasteiger partial charge in [0.15, 0.2) is 0 Å². The molecule has 112 valence electrons. The van der Waals surface area contributed by atoms with Crippen LogP contribution in [0.15, 0.2) is 24.8 Å². The van der Waals surface area contributed by atoms with Crippen LogP contribution in [0.4, 0.5) is 5.82 Å². The molecule has 1 N–H and O–H groups in total. The highest BCUT2D eigenvalue weighted by Gasteiger charge is 2.22. The number of aryl methyl sites for hydroxylation is 1. The minimum Gasteiger partial charge on any atom is -0.372 e. The summed E-state index contributed by atoms with van der Waals surface area (Å²) in [7, 11) is 3.93. The van der Waals surface area contributed by atoms with Gasteiger partial charge >= 0.3 is 0 Å². The number of aromatic nitrogens is 4. The molecule has 3 heterocycles. The average molecular weight is 286 g/mol. The van der Waals surface area contributed by atoms with E-state index >= 15 is 0 Å². The Morgan fingerprint density at radius 2 is 2.10 bits per heavy atom. The minimum atomic E-state index is 0.517. The van der Waals surface area contributed by atoms with Crippen molar-refractivity contribution in [2.75, 3.05) is 25.5 Å². The third-order valence-corrected chi connectivity index (χ3v) is 4.20. The van der Waals surface area contributed by atoms with Crippen molar-refractivity contribution in [3.8, 4) is 0 Å². The molecule has 0 amide bonds. The predicted molar refractivity (Wildman–Crippen MR) is 82.0 cm³/mol. The Kier molecular flexibility index (Phi) is 4.15. The molecule has 0 aliphatic carbocycles. The first kappa shape index (κ1) is 14.0. The third-order valence-electron chi connectivity index (χ3n) is 4.20. The van der Waals surface area contributed by atoms with E-state index in [4.69, 9.17) is 0 Å². The van der Waals surface area contributed by atoms with E-state index in [1.807, 2.05) is 32.7 Å². The van der Waals surface area contributed by atoms with E-state index in [0.717, 1.165) is 49.8 Å². The molecule has 6 heteroatoms. The van der Waals surface area contributed by atoms with Gasteiger partial charge < -0.3 is 9.88 Å². The van der Waals surface area contributed by atoms with Crippen molar-refractivity contribution in [3.63, 3.8) is 0 Å². The van der Waals surface area contributed by atoms with Crippen LogP contribution in [0.2, 0.25) is 0 Å². The van der Waals surface area contributed by atoms with Gasteiger partial charge in [0.1, 0.15) is 11.6 Å². The fourth-order valence-corrected chi connectivity index (χ4v) is 2.83. The second kappa shape index (κ2) is 6.22. The van der Waals surface area contributed by atoms with Crippen molar-refractivity contribution < 1.29 is 0 Å². The average Bonchev–Trinajstić information content (AvgIpc) is 2.93. The third kappa shape index (κ3) is 3.21.